The van der Waals surface area contributed by atoms with Crippen LogP contribution in [0.4, 0.5) is 0 Å². The number of benzene rings is 1. The van der Waals surface area contributed by atoms with E-state index in [2.05, 4.69) is 0 Å². The van der Waals surface area contributed by atoms with Crippen LogP contribution in [-0.4, -0.2) is 49.4 Å². The lowest BCUT2D eigenvalue weighted by atomic mass is 10.1. The monoisotopic (exact) mass is 362 g/mol. The zero-order valence-corrected chi connectivity index (χ0v) is 14.4. The lowest BCUT2D eigenvalue weighted by Gasteiger charge is -2.18. The van der Waals surface area contributed by atoms with Gasteiger partial charge in [0.2, 0.25) is 0 Å². The van der Waals surface area contributed by atoms with E-state index in [1.807, 2.05) is 31.2 Å². The summed E-state index contributed by atoms with van der Waals surface area (Å²) >= 11 is 0. The number of aliphatic hydroxyl groups excluding tert-OH is 3. The minimum Gasteiger partial charge on any atom is -0.394 e. The second-order valence-electron chi connectivity index (χ2n) is 6.40. The fourth-order valence-corrected chi connectivity index (χ4v) is 3.16. The predicted octanol–water partition coefficient (Wildman–Crippen LogP) is -0.827. The number of aliphatic hydroxyl groups is 3. The number of aromatic nitrogens is 2. The molecular formula is C18H22N2O6. The minimum absolute atomic E-state index is 0.179. The standard InChI is InChI=1S/C18H22N2O6/c1-11-4-2-3-5-12(11)6-8-19-14(22)7-9-20(18(19)25)17-16(24)15(23)13(10-21)26-17/h2-5,7,9,13,15-17,21,23-24H,6,8,10H2,1H3/t13-,15+,16?,17-/m1/s1. The summed E-state index contributed by atoms with van der Waals surface area (Å²) in [7, 11) is 0. The van der Waals surface area contributed by atoms with Crippen LogP contribution in [-0.2, 0) is 17.7 Å². The third-order valence-corrected chi connectivity index (χ3v) is 4.75. The van der Waals surface area contributed by atoms with Gasteiger partial charge in [0.1, 0.15) is 18.3 Å². The molecule has 0 spiro atoms. The van der Waals surface area contributed by atoms with E-state index in [9.17, 15) is 24.9 Å². The van der Waals surface area contributed by atoms with Crippen molar-refractivity contribution < 1.29 is 20.1 Å². The Morgan fingerprint density at radius 1 is 1.12 bits per heavy atom. The van der Waals surface area contributed by atoms with E-state index >= 15 is 0 Å². The average Bonchev–Trinajstić information content (AvgIpc) is 2.91. The van der Waals surface area contributed by atoms with Crippen LogP contribution in [0.15, 0.2) is 46.1 Å². The molecule has 1 fully saturated rings. The maximum Gasteiger partial charge on any atom is 0.333 e. The lowest BCUT2D eigenvalue weighted by molar-refractivity contribution is -0.0556. The predicted molar refractivity (Wildman–Crippen MR) is 92.9 cm³/mol. The zero-order chi connectivity index (χ0) is 18.8. The highest BCUT2D eigenvalue weighted by Crippen LogP contribution is 2.27. The molecule has 0 saturated carbocycles. The Morgan fingerprint density at radius 2 is 1.85 bits per heavy atom. The number of hydrogen-bond donors (Lipinski definition) is 3. The van der Waals surface area contributed by atoms with E-state index < -0.39 is 42.4 Å². The zero-order valence-electron chi connectivity index (χ0n) is 14.4. The van der Waals surface area contributed by atoms with Gasteiger partial charge in [-0.25, -0.2) is 4.79 Å². The van der Waals surface area contributed by atoms with Gasteiger partial charge in [-0.05, 0) is 24.5 Å². The summed E-state index contributed by atoms with van der Waals surface area (Å²) in [6.45, 7) is 1.65. The van der Waals surface area contributed by atoms with E-state index in [0.717, 1.165) is 20.3 Å². The molecule has 0 bridgehead atoms. The molecular weight excluding hydrogens is 340 g/mol. The van der Waals surface area contributed by atoms with Crippen LogP contribution >= 0.6 is 0 Å². The van der Waals surface area contributed by atoms with Gasteiger partial charge in [-0.2, -0.15) is 0 Å². The minimum atomic E-state index is -1.38. The Labute approximate surface area is 149 Å². The molecule has 2 heterocycles. The summed E-state index contributed by atoms with van der Waals surface area (Å²) in [4.78, 5) is 24.9. The van der Waals surface area contributed by atoms with Crippen molar-refractivity contribution in [2.24, 2.45) is 0 Å². The van der Waals surface area contributed by atoms with E-state index in [4.69, 9.17) is 4.74 Å². The fourth-order valence-electron chi connectivity index (χ4n) is 3.16. The highest BCUT2D eigenvalue weighted by Gasteiger charge is 2.43. The van der Waals surface area contributed by atoms with Crippen molar-refractivity contribution in [2.75, 3.05) is 6.61 Å². The molecule has 1 aliphatic rings. The molecule has 1 aromatic carbocycles. The smallest absolute Gasteiger partial charge is 0.333 e. The molecule has 1 aromatic heterocycles. The van der Waals surface area contributed by atoms with Crippen LogP contribution in [0.2, 0.25) is 0 Å². The lowest BCUT2D eigenvalue weighted by Crippen LogP contribution is -2.43. The van der Waals surface area contributed by atoms with Crippen molar-refractivity contribution in [3.63, 3.8) is 0 Å². The van der Waals surface area contributed by atoms with Crippen molar-refractivity contribution >= 4 is 0 Å². The van der Waals surface area contributed by atoms with Gasteiger partial charge >= 0.3 is 5.69 Å². The summed E-state index contributed by atoms with van der Waals surface area (Å²) < 4.78 is 7.52. The van der Waals surface area contributed by atoms with Crippen LogP contribution in [0.5, 0.6) is 0 Å². The normalized spacial score (nSPS) is 25.5. The van der Waals surface area contributed by atoms with Gasteiger partial charge in [-0.1, -0.05) is 24.3 Å². The number of hydrogen-bond acceptors (Lipinski definition) is 6. The van der Waals surface area contributed by atoms with Crippen LogP contribution in [0, 0.1) is 6.92 Å². The van der Waals surface area contributed by atoms with E-state index in [1.54, 1.807) is 0 Å². The topological polar surface area (TPSA) is 114 Å². The Bertz CT molecular complexity index is 890. The van der Waals surface area contributed by atoms with E-state index in [0.29, 0.717) is 6.42 Å². The first kappa shape index (κ1) is 18.5. The average molecular weight is 362 g/mol. The first-order valence-corrected chi connectivity index (χ1v) is 8.43. The molecule has 8 heteroatoms. The maximum atomic E-state index is 12.7. The van der Waals surface area contributed by atoms with Gasteiger partial charge in [-0.3, -0.25) is 13.9 Å². The van der Waals surface area contributed by atoms with E-state index in [1.165, 1.54) is 12.3 Å². The molecule has 140 valence electrons. The molecule has 1 aliphatic heterocycles. The Morgan fingerprint density at radius 3 is 2.50 bits per heavy atom. The molecule has 0 aliphatic carbocycles. The quantitative estimate of drug-likeness (QED) is 0.640. The summed E-state index contributed by atoms with van der Waals surface area (Å²) in [5.74, 6) is 0. The molecule has 2 aromatic rings. The Balaban J connectivity index is 1.89. The van der Waals surface area contributed by atoms with E-state index in [-0.39, 0.29) is 6.54 Å². The molecule has 0 radical (unpaired) electrons. The molecule has 8 nitrogen and oxygen atoms in total. The first-order valence-electron chi connectivity index (χ1n) is 8.43. The number of ether oxygens (including phenoxy) is 1. The molecule has 4 atom stereocenters. The number of aryl methyl sites for hydroxylation is 2. The van der Waals surface area contributed by atoms with Gasteiger partial charge in [0.05, 0.1) is 6.61 Å². The van der Waals surface area contributed by atoms with Gasteiger partial charge in [0.15, 0.2) is 6.23 Å². The van der Waals surface area contributed by atoms with Crippen molar-refractivity contribution in [1.82, 2.24) is 9.13 Å². The van der Waals surface area contributed by atoms with Gasteiger partial charge < -0.3 is 20.1 Å². The van der Waals surface area contributed by atoms with Crippen LogP contribution in [0.3, 0.4) is 0 Å². The van der Waals surface area contributed by atoms with Crippen molar-refractivity contribution in [1.29, 1.82) is 0 Å². The number of rotatable bonds is 5. The highest BCUT2D eigenvalue weighted by molar-refractivity contribution is 5.25. The van der Waals surface area contributed by atoms with Crippen LogP contribution in [0.1, 0.15) is 17.4 Å². The maximum absolute atomic E-state index is 12.7. The Hall–Kier alpha value is -2.26. The second kappa shape index (κ2) is 7.55. The summed E-state index contributed by atoms with van der Waals surface area (Å²) in [5, 5.41) is 29.2. The third kappa shape index (κ3) is 3.36. The van der Waals surface area contributed by atoms with Crippen LogP contribution < -0.4 is 11.2 Å². The largest absolute Gasteiger partial charge is 0.394 e. The Kier molecular flexibility index (Phi) is 5.38. The molecule has 1 unspecified atom stereocenters. The molecule has 3 N–H and O–H groups in total. The summed E-state index contributed by atoms with van der Waals surface area (Å²) in [5.41, 5.74) is 1.01. The van der Waals surface area contributed by atoms with Gasteiger partial charge in [0, 0.05) is 18.8 Å². The molecule has 0 amide bonds. The van der Waals surface area contributed by atoms with Crippen molar-refractivity contribution in [3.8, 4) is 0 Å². The number of nitrogens with zero attached hydrogens (tertiary/aromatic N) is 2. The molecule has 3 rings (SSSR count). The van der Waals surface area contributed by atoms with Crippen LogP contribution in [0.25, 0.3) is 0 Å². The van der Waals surface area contributed by atoms with Gasteiger partial charge in [-0.15, -0.1) is 0 Å². The third-order valence-electron chi connectivity index (χ3n) is 4.75. The molecule has 1 saturated heterocycles. The summed E-state index contributed by atoms with van der Waals surface area (Å²) in [6.07, 6.45) is -3.12. The summed E-state index contributed by atoms with van der Waals surface area (Å²) in [6, 6.07) is 8.93. The van der Waals surface area contributed by atoms with Crippen molar-refractivity contribution in [3.05, 3.63) is 68.5 Å². The van der Waals surface area contributed by atoms with Gasteiger partial charge in [0.25, 0.3) is 5.56 Å². The molecule has 26 heavy (non-hydrogen) atoms. The first-order chi connectivity index (χ1) is 12.4. The second-order valence-corrected chi connectivity index (χ2v) is 6.40. The fraction of sp³-hybridized carbons (Fsp3) is 0.444. The SMILES string of the molecule is Cc1ccccc1CCn1c(=O)ccn([C@@H]2O[C@H](CO)[C@H](O)C2O)c1=O. The highest BCUT2D eigenvalue weighted by atomic mass is 16.6. The van der Waals surface area contributed by atoms with Crippen molar-refractivity contribution in [2.45, 2.75) is 44.4 Å².